The number of fused-ring (bicyclic) bond motifs is 4. The van der Waals surface area contributed by atoms with Crippen LogP contribution in [0.4, 0.5) is 17.1 Å². The first-order valence-electron chi connectivity index (χ1n) is 22.7. The summed E-state index contributed by atoms with van der Waals surface area (Å²) in [6, 6.07) is 12.8. The van der Waals surface area contributed by atoms with Gasteiger partial charge in [0.05, 0.1) is 109 Å². The van der Waals surface area contributed by atoms with E-state index in [1.54, 1.807) is 49.4 Å². The zero-order valence-corrected chi connectivity index (χ0v) is 38.9. The van der Waals surface area contributed by atoms with E-state index in [-0.39, 0.29) is 72.3 Å². The molecule has 4 aliphatic rings. The predicted octanol–water partition coefficient (Wildman–Crippen LogP) is 2.87. The predicted molar refractivity (Wildman–Crippen MR) is 252 cm³/mol. The number of benzene rings is 4. The van der Waals surface area contributed by atoms with E-state index in [1.807, 2.05) is 0 Å². The minimum atomic E-state index is -0.905. The van der Waals surface area contributed by atoms with E-state index < -0.39 is 47.8 Å². The molecule has 0 fully saturated rings. The Labute approximate surface area is 402 Å². The first-order valence-corrected chi connectivity index (χ1v) is 22.7. The molecular weight excluding hydrogens is 917 g/mol. The van der Waals surface area contributed by atoms with Crippen molar-refractivity contribution in [3.63, 3.8) is 0 Å². The van der Waals surface area contributed by atoms with E-state index in [4.69, 9.17) is 57.5 Å². The lowest BCUT2D eigenvalue weighted by molar-refractivity contribution is -0.116. The van der Waals surface area contributed by atoms with Gasteiger partial charge in [0.1, 0.15) is 37.6 Å². The molecule has 3 aliphatic heterocycles. The second-order valence-electron chi connectivity index (χ2n) is 15.6. The molecule has 22 nitrogen and oxygen atoms in total. The van der Waals surface area contributed by atoms with Crippen LogP contribution in [0.15, 0.2) is 57.7 Å². The number of amides is 4. The molecule has 3 aromatic carbocycles. The molecule has 0 radical (unpaired) electrons. The zero-order valence-electron chi connectivity index (χ0n) is 38.9. The van der Waals surface area contributed by atoms with Crippen molar-refractivity contribution in [1.29, 1.82) is 0 Å². The average molecular weight is 973 g/mol. The number of hydrogen-bond donors (Lipinski definition) is 5. The van der Waals surface area contributed by atoms with Gasteiger partial charge in [-0.25, -0.2) is 4.98 Å². The quantitative estimate of drug-likeness (QED) is 0.110. The maximum atomic E-state index is 13.9. The van der Waals surface area contributed by atoms with Crippen molar-refractivity contribution in [3.05, 3.63) is 81.0 Å². The van der Waals surface area contributed by atoms with Crippen molar-refractivity contribution >= 4 is 51.8 Å². The summed E-state index contributed by atoms with van der Waals surface area (Å²) < 4.78 is 62.8. The van der Waals surface area contributed by atoms with Gasteiger partial charge in [-0.2, -0.15) is 0 Å². The molecule has 3 aromatic rings. The summed E-state index contributed by atoms with van der Waals surface area (Å²) in [5.41, 5.74) is 6.18. The molecule has 1 aliphatic carbocycles. The zero-order chi connectivity index (χ0) is 49.2. The van der Waals surface area contributed by atoms with Crippen LogP contribution in [0.5, 0.6) is 23.0 Å². The Morgan fingerprint density at radius 2 is 0.986 bits per heavy atom. The second kappa shape index (κ2) is 25.5. The maximum Gasteiger partial charge on any atom is 0.256 e. The van der Waals surface area contributed by atoms with Gasteiger partial charge in [-0.3, -0.25) is 24.0 Å². The molecule has 7 rings (SSSR count). The van der Waals surface area contributed by atoms with Crippen LogP contribution >= 0.6 is 0 Å². The Bertz CT molecular complexity index is 2660. The fourth-order valence-electron chi connectivity index (χ4n) is 7.08. The van der Waals surface area contributed by atoms with E-state index in [0.717, 1.165) is 0 Å². The molecule has 6 N–H and O–H groups in total. The van der Waals surface area contributed by atoms with Crippen LogP contribution in [-0.4, -0.2) is 147 Å². The largest absolute Gasteiger partial charge is 0.487 e. The van der Waals surface area contributed by atoms with Gasteiger partial charge in [0.25, 0.3) is 11.8 Å². The summed E-state index contributed by atoms with van der Waals surface area (Å²) >= 11 is 0. The van der Waals surface area contributed by atoms with Crippen LogP contribution < -0.4 is 51.4 Å². The highest BCUT2D eigenvalue weighted by Crippen LogP contribution is 2.35. The Morgan fingerprint density at radius 1 is 0.557 bits per heavy atom. The van der Waals surface area contributed by atoms with Crippen LogP contribution in [0.2, 0.25) is 0 Å². The minimum Gasteiger partial charge on any atom is -0.487 e. The molecule has 0 saturated carbocycles. The standard InChI is InChI=1S/C48H56N6O16/c1-29-3-6-33(47(58)50-27-38(55)52-31-4-7-34-36(25-31)68-23-19-64-15-11-60-9-13-62-17-21-66-34)42-45(29)70-46-30(2)44(57)41(49)40(43(46)54-42)48(59)51-28-39(56)53-32-5-8-35-37(26-32)69-24-20-65-16-12-61-10-14-63-18-22-67-35/h3-8,25-26H,9-24,27-28,49H2,1-2H3,(H,50,58)(H,51,59)(H,52,55)(H,53,56). The van der Waals surface area contributed by atoms with E-state index >= 15 is 0 Å². The molecule has 4 amide bonds. The number of hydrogen-bond acceptors (Lipinski definition) is 18. The van der Waals surface area contributed by atoms with Crippen molar-refractivity contribution < 1.29 is 71.0 Å². The lowest BCUT2D eigenvalue weighted by atomic mass is 9.99. The number of nitrogens with one attached hydrogen (secondary N) is 4. The third-order valence-electron chi connectivity index (χ3n) is 10.6. The molecule has 0 atom stereocenters. The van der Waals surface area contributed by atoms with Crippen molar-refractivity contribution in [1.82, 2.24) is 15.6 Å². The van der Waals surface area contributed by atoms with E-state index in [1.165, 1.54) is 13.0 Å². The molecule has 0 saturated heterocycles. The average Bonchev–Trinajstić information content (AvgIpc) is 3.37. The van der Waals surface area contributed by atoms with Crippen molar-refractivity contribution in [3.8, 4) is 34.5 Å². The van der Waals surface area contributed by atoms with E-state index in [2.05, 4.69) is 26.3 Å². The second-order valence-corrected chi connectivity index (χ2v) is 15.6. The monoisotopic (exact) mass is 972 g/mol. The number of anilines is 3. The number of aryl methyl sites for hydroxylation is 1. The fraction of sp³-hybridized carbons (Fsp3) is 0.417. The molecule has 0 bridgehead atoms. The third-order valence-corrected chi connectivity index (χ3v) is 10.6. The lowest BCUT2D eigenvalue weighted by Crippen LogP contribution is -2.35. The Morgan fingerprint density at radius 3 is 1.46 bits per heavy atom. The molecule has 70 heavy (non-hydrogen) atoms. The molecule has 0 aromatic heterocycles. The lowest BCUT2D eigenvalue weighted by Gasteiger charge is -2.17. The van der Waals surface area contributed by atoms with Gasteiger partial charge >= 0.3 is 0 Å². The smallest absolute Gasteiger partial charge is 0.256 e. The molecule has 0 spiro atoms. The van der Waals surface area contributed by atoms with Gasteiger partial charge in [-0.1, -0.05) is 6.07 Å². The molecule has 3 heterocycles. The molecule has 374 valence electrons. The summed E-state index contributed by atoms with van der Waals surface area (Å²) in [4.78, 5) is 72.1. The highest BCUT2D eigenvalue weighted by Gasteiger charge is 2.29. The van der Waals surface area contributed by atoms with Gasteiger partial charge in [0, 0.05) is 29.1 Å². The summed E-state index contributed by atoms with van der Waals surface area (Å²) in [6.07, 6.45) is 0. The van der Waals surface area contributed by atoms with Gasteiger partial charge < -0.3 is 78.8 Å². The van der Waals surface area contributed by atoms with Crippen molar-refractivity contribution in [2.45, 2.75) is 13.8 Å². The first-order chi connectivity index (χ1) is 34.1. The van der Waals surface area contributed by atoms with Gasteiger partial charge in [0.2, 0.25) is 17.2 Å². The van der Waals surface area contributed by atoms with Crippen LogP contribution in [0.25, 0.3) is 22.6 Å². The number of nitrogens with two attached hydrogens (primary N) is 1. The topological polar surface area (TPSA) is 278 Å². The summed E-state index contributed by atoms with van der Waals surface area (Å²) in [5, 5.41) is 10.6. The highest BCUT2D eigenvalue weighted by molar-refractivity contribution is 6.10. The SMILES string of the molecule is Cc1c2oc3c(C)ccc(C(=O)NCC(=O)Nc4ccc5c(c4)OCCOCCOCCOCCO5)c3nc-2c(C(=O)NCC(=O)Nc2ccc3c(c2)OCCOCCOCCOCCO3)c(N)c1=O. The first kappa shape index (κ1) is 50.8. The van der Waals surface area contributed by atoms with Gasteiger partial charge in [0.15, 0.2) is 34.3 Å². The van der Waals surface area contributed by atoms with E-state index in [9.17, 15) is 24.0 Å². The highest BCUT2D eigenvalue weighted by atomic mass is 16.6. The number of nitrogen functional groups attached to an aromatic ring is 1. The number of ether oxygens (including phenoxy) is 10. The number of rotatable bonds is 8. The third kappa shape index (κ3) is 13.8. The summed E-state index contributed by atoms with van der Waals surface area (Å²) in [7, 11) is 0. The van der Waals surface area contributed by atoms with Crippen LogP contribution in [-0.2, 0) is 38.0 Å². The van der Waals surface area contributed by atoms with Gasteiger partial charge in [-0.15, -0.1) is 0 Å². The van der Waals surface area contributed by atoms with Crippen LogP contribution in [0, 0.1) is 13.8 Å². The molecule has 22 heteroatoms. The van der Waals surface area contributed by atoms with Crippen LogP contribution in [0.1, 0.15) is 31.8 Å². The number of carbonyl (C=O) groups is 4. The number of nitrogens with zero attached hydrogens (tertiary/aromatic N) is 1. The van der Waals surface area contributed by atoms with Gasteiger partial charge in [-0.05, 0) is 49.7 Å². The van der Waals surface area contributed by atoms with E-state index in [0.29, 0.717) is 113 Å². The normalized spacial score (nSPS) is 15.8. The van der Waals surface area contributed by atoms with Crippen LogP contribution in [0.3, 0.4) is 0 Å². The van der Waals surface area contributed by atoms with Crippen molar-refractivity contribution in [2.24, 2.45) is 0 Å². The Balaban J connectivity index is 1.03. The molecule has 0 unspecified atom stereocenters. The summed E-state index contributed by atoms with van der Waals surface area (Å²) in [5.74, 6) is -1.26. The number of carbonyl (C=O) groups excluding carboxylic acids is 4. The Hall–Kier alpha value is -7.08. The number of aromatic nitrogens is 1. The summed E-state index contributed by atoms with van der Waals surface area (Å²) in [6.45, 7) is 7.64. The van der Waals surface area contributed by atoms with Crippen molar-refractivity contribution in [2.75, 3.05) is 135 Å². The fourth-order valence-corrected chi connectivity index (χ4v) is 7.08. The minimum absolute atomic E-state index is 0.00244. The Kier molecular flexibility index (Phi) is 18.5. The molecular formula is C48H56N6O16. The maximum absolute atomic E-state index is 13.9.